The Bertz CT molecular complexity index is 700. The molecule has 2 rings (SSSR count). The Balaban J connectivity index is 2.13. The van der Waals surface area contributed by atoms with E-state index in [1.165, 1.54) is 12.1 Å². The van der Waals surface area contributed by atoms with Crippen molar-refractivity contribution in [3.63, 3.8) is 0 Å². The fourth-order valence-corrected chi connectivity index (χ4v) is 3.85. The van der Waals surface area contributed by atoms with Gasteiger partial charge in [0, 0.05) is 18.7 Å². The van der Waals surface area contributed by atoms with Crippen LogP contribution in [0.2, 0.25) is 0 Å². The van der Waals surface area contributed by atoms with E-state index in [0.717, 1.165) is 12.8 Å². The van der Waals surface area contributed by atoms with Crippen molar-refractivity contribution in [1.82, 2.24) is 4.72 Å². The summed E-state index contributed by atoms with van der Waals surface area (Å²) in [5, 5.41) is 9.16. The number of carboxylic acids is 1. The molecule has 2 N–H and O–H groups in total. The van der Waals surface area contributed by atoms with Crippen molar-refractivity contribution in [2.45, 2.75) is 50.0 Å². The van der Waals surface area contributed by atoms with Crippen LogP contribution in [-0.4, -0.2) is 38.0 Å². The molecule has 1 aliphatic heterocycles. The quantitative estimate of drug-likeness (QED) is 0.740. The van der Waals surface area contributed by atoms with Crippen molar-refractivity contribution in [1.29, 1.82) is 0 Å². The molecule has 0 aromatic heterocycles. The molecule has 1 aromatic rings. The van der Waals surface area contributed by atoms with Crippen LogP contribution < -0.4 is 9.62 Å². The Morgan fingerprint density at radius 2 is 2.00 bits per heavy atom. The number of unbranched alkanes of at least 4 members (excludes halogenated alkanes) is 1. The maximum absolute atomic E-state index is 12.4. The first-order chi connectivity index (χ1) is 11.3. The highest BCUT2D eigenvalue weighted by Crippen LogP contribution is 2.23. The lowest BCUT2D eigenvalue weighted by Gasteiger charge is -2.17. The molecule has 1 heterocycles. The van der Waals surface area contributed by atoms with Crippen LogP contribution in [0.25, 0.3) is 0 Å². The van der Waals surface area contributed by atoms with Gasteiger partial charge in [-0.2, -0.15) is 4.72 Å². The van der Waals surface area contributed by atoms with Gasteiger partial charge in [-0.3, -0.25) is 9.59 Å². The van der Waals surface area contributed by atoms with Gasteiger partial charge in [0.05, 0.1) is 4.90 Å². The van der Waals surface area contributed by atoms with Gasteiger partial charge in [-0.1, -0.05) is 19.8 Å². The Labute approximate surface area is 141 Å². The highest BCUT2D eigenvalue weighted by atomic mass is 32.2. The predicted molar refractivity (Wildman–Crippen MR) is 89.3 cm³/mol. The second kappa shape index (κ2) is 7.76. The van der Waals surface area contributed by atoms with E-state index in [9.17, 15) is 18.0 Å². The summed E-state index contributed by atoms with van der Waals surface area (Å²) in [7, 11) is -3.92. The van der Waals surface area contributed by atoms with Gasteiger partial charge in [0.25, 0.3) is 0 Å². The number of nitrogens with one attached hydrogen (secondary N) is 1. The Morgan fingerprint density at radius 1 is 1.33 bits per heavy atom. The van der Waals surface area contributed by atoms with E-state index in [0.29, 0.717) is 25.1 Å². The summed E-state index contributed by atoms with van der Waals surface area (Å²) in [4.78, 5) is 24.5. The standard InChI is InChI=1S/C16H22N2O5S/c1-2-3-5-14(16(20)21)17-24(22,23)13-9-7-12(8-10-13)18-11-4-6-15(18)19/h7-10,14,17H,2-6,11H2,1H3,(H,20,21)/t14-/m0/s1. The number of hydrogen-bond donors (Lipinski definition) is 2. The van der Waals surface area contributed by atoms with Gasteiger partial charge in [-0.15, -0.1) is 0 Å². The highest BCUT2D eigenvalue weighted by molar-refractivity contribution is 7.89. The first kappa shape index (κ1) is 18.4. The first-order valence-electron chi connectivity index (χ1n) is 8.00. The Morgan fingerprint density at radius 3 is 2.50 bits per heavy atom. The SMILES string of the molecule is CCCC[C@H](NS(=O)(=O)c1ccc(N2CCCC2=O)cc1)C(=O)O. The number of nitrogens with zero attached hydrogens (tertiary/aromatic N) is 1. The smallest absolute Gasteiger partial charge is 0.321 e. The van der Waals surface area contributed by atoms with Gasteiger partial charge in [0.15, 0.2) is 0 Å². The number of benzene rings is 1. The lowest BCUT2D eigenvalue weighted by Crippen LogP contribution is -2.40. The fraction of sp³-hybridized carbons (Fsp3) is 0.500. The molecule has 0 spiro atoms. The summed E-state index contributed by atoms with van der Waals surface area (Å²) < 4.78 is 26.9. The average molecular weight is 354 g/mol. The van der Waals surface area contributed by atoms with Gasteiger partial charge < -0.3 is 10.0 Å². The van der Waals surface area contributed by atoms with Crippen LogP contribution >= 0.6 is 0 Å². The van der Waals surface area contributed by atoms with Crippen molar-refractivity contribution >= 4 is 27.6 Å². The monoisotopic (exact) mass is 354 g/mol. The largest absolute Gasteiger partial charge is 0.480 e. The minimum absolute atomic E-state index is 0.0133. The zero-order valence-electron chi connectivity index (χ0n) is 13.6. The van der Waals surface area contributed by atoms with E-state index < -0.39 is 22.0 Å². The third kappa shape index (κ3) is 4.33. The molecular formula is C16H22N2O5S. The van der Waals surface area contributed by atoms with Crippen molar-refractivity contribution < 1.29 is 23.1 Å². The first-order valence-corrected chi connectivity index (χ1v) is 9.49. The number of aliphatic carboxylic acids is 1. The van der Waals surface area contributed by atoms with Gasteiger partial charge in [0.1, 0.15) is 6.04 Å². The predicted octanol–water partition coefficient (Wildman–Crippen LogP) is 1.74. The fourth-order valence-electron chi connectivity index (χ4n) is 2.62. The normalized spacial score (nSPS) is 16.4. The van der Waals surface area contributed by atoms with E-state index in [4.69, 9.17) is 5.11 Å². The zero-order valence-corrected chi connectivity index (χ0v) is 14.4. The molecule has 1 fully saturated rings. The number of hydrogen-bond acceptors (Lipinski definition) is 4. The summed E-state index contributed by atoms with van der Waals surface area (Å²) in [5.74, 6) is -1.17. The lowest BCUT2D eigenvalue weighted by molar-refractivity contribution is -0.139. The second-order valence-electron chi connectivity index (χ2n) is 5.80. The van der Waals surface area contributed by atoms with Crippen LogP contribution in [0.5, 0.6) is 0 Å². The molecule has 0 aliphatic carbocycles. The van der Waals surface area contributed by atoms with Crippen LogP contribution in [-0.2, 0) is 19.6 Å². The molecule has 8 heteroatoms. The van der Waals surface area contributed by atoms with Crippen LogP contribution in [0.4, 0.5) is 5.69 Å². The Hall–Kier alpha value is -1.93. The van der Waals surface area contributed by atoms with Crippen molar-refractivity contribution in [3.8, 4) is 0 Å². The third-order valence-corrected chi connectivity index (χ3v) is 5.46. The molecule has 0 bridgehead atoms. The summed E-state index contributed by atoms with van der Waals surface area (Å²) in [6.45, 7) is 2.53. The van der Waals surface area contributed by atoms with Crippen LogP contribution in [0.3, 0.4) is 0 Å². The number of carboxylic acid groups (broad SMARTS) is 1. The molecule has 1 aliphatic rings. The number of sulfonamides is 1. The number of carbonyl (C=O) groups excluding carboxylic acids is 1. The number of carbonyl (C=O) groups is 2. The number of anilines is 1. The van der Waals surface area contributed by atoms with Gasteiger partial charge in [0.2, 0.25) is 15.9 Å². The van der Waals surface area contributed by atoms with Gasteiger partial charge in [-0.25, -0.2) is 8.42 Å². The zero-order chi connectivity index (χ0) is 17.7. The van der Waals surface area contributed by atoms with Crippen LogP contribution in [0.1, 0.15) is 39.0 Å². The van der Waals surface area contributed by atoms with E-state index in [1.54, 1.807) is 17.0 Å². The maximum atomic E-state index is 12.4. The molecule has 1 aromatic carbocycles. The molecule has 132 valence electrons. The van der Waals surface area contributed by atoms with Crippen LogP contribution in [0.15, 0.2) is 29.2 Å². The van der Waals surface area contributed by atoms with E-state index in [-0.39, 0.29) is 17.2 Å². The van der Waals surface area contributed by atoms with Crippen LogP contribution in [0, 0.1) is 0 Å². The summed E-state index contributed by atoms with van der Waals surface area (Å²) in [6, 6.07) is 4.78. The summed E-state index contributed by atoms with van der Waals surface area (Å²) in [5.41, 5.74) is 0.650. The van der Waals surface area contributed by atoms with Gasteiger partial charge in [-0.05, 0) is 37.1 Å². The highest BCUT2D eigenvalue weighted by Gasteiger charge is 2.26. The van der Waals surface area contributed by atoms with Crippen molar-refractivity contribution in [2.24, 2.45) is 0 Å². The summed E-state index contributed by atoms with van der Waals surface area (Å²) >= 11 is 0. The number of amides is 1. The third-order valence-electron chi connectivity index (χ3n) is 3.97. The topological polar surface area (TPSA) is 104 Å². The molecule has 0 radical (unpaired) electrons. The van der Waals surface area contributed by atoms with E-state index in [1.807, 2.05) is 6.92 Å². The van der Waals surface area contributed by atoms with E-state index >= 15 is 0 Å². The Kier molecular flexibility index (Phi) is 5.95. The minimum atomic E-state index is -3.92. The minimum Gasteiger partial charge on any atom is -0.480 e. The van der Waals surface area contributed by atoms with Gasteiger partial charge >= 0.3 is 5.97 Å². The molecular weight excluding hydrogens is 332 g/mol. The molecule has 0 saturated carbocycles. The number of rotatable bonds is 8. The molecule has 1 atom stereocenters. The second-order valence-corrected chi connectivity index (χ2v) is 7.51. The van der Waals surface area contributed by atoms with Crippen molar-refractivity contribution in [3.05, 3.63) is 24.3 Å². The molecule has 7 nitrogen and oxygen atoms in total. The maximum Gasteiger partial charge on any atom is 0.321 e. The average Bonchev–Trinajstić information content (AvgIpc) is 2.97. The lowest BCUT2D eigenvalue weighted by atomic mass is 10.1. The summed E-state index contributed by atoms with van der Waals surface area (Å²) in [6.07, 6.45) is 2.93. The molecule has 24 heavy (non-hydrogen) atoms. The molecule has 1 saturated heterocycles. The molecule has 0 unspecified atom stereocenters. The molecule has 1 amide bonds. The van der Waals surface area contributed by atoms with E-state index in [2.05, 4.69) is 4.72 Å². The van der Waals surface area contributed by atoms with Crippen molar-refractivity contribution in [2.75, 3.05) is 11.4 Å².